The van der Waals surface area contributed by atoms with Crippen LogP contribution in [-0.2, 0) is 9.59 Å². The zero-order chi connectivity index (χ0) is 10.7. The second kappa shape index (κ2) is 2.88. The van der Waals surface area contributed by atoms with E-state index in [0.717, 1.165) is 0 Å². The maximum Gasteiger partial charge on any atom is 0.327 e. The van der Waals surface area contributed by atoms with Gasteiger partial charge in [-0.1, -0.05) is 15.9 Å². The Morgan fingerprint density at radius 2 is 2.21 bits per heavy atom. The van der Waals surface area contributed by atoms with Crippen molar-refractivity contribution in [1.29, 1.82) is 0 Å². The molecule has 2 heterocycles. The highest BCUT2D eigenvalue weighted by Gasteiger charge is 2.62. The van der Waals surface area contributed by atoms with E-state index in [0.29, 0.717) is 0 Å². The molecule has 0 aliphatic carbocycles. The third kappa shape index (κ3) is 1.13. The molecule has 3 atom stereocenters. The van der Waals surface area contributed by atoms with Gasteiger partial charge in [-0.25, -0.2) is 4.79 Å². The number of aliphatic carboxylic acids is 1. The first-order valence-electron chi connectivity index (χ1n) is 4.23. The van der Waals surface area contributed by atoms with Crippen molar-refractivity contribution in [3.8, 4) is 0 Å². The first-order chi connectivity index (χ1) is 6.36. The number of hydrogen-bond donors (Lipinski definition) is 1. The monoisotopic (exact) mass is 279 g/mol. The molecule has 0 aromatic rings. The van der Waals surface area contributed by atoms with Gasteiger partial charge in [0.05, 0.1) is 0 Å². The number of carbonyl (C=O) groups excluding carboxylic acids is 1. The summed E-state index contributed by atoms with van der Waals surface area (Å²) in [5, 5.41) is 9.04. The van der Waals surface area contributed by atoms with E-state index in [1.807, 2.05) is 13.8 Å². The number of carboxylic acid groups (broad SMARTS) is 1. The average Bonchev–Trinajstić information content (AvgIpc) is 2.34. The second-order valence-corrected chi connectivity index (χ2v) is 6.76. The van der Waals surface area contributed by atoms with Crippen LogP contribution in [0.25, 0.3) is 0 Å². The molecular weight excluding hydrogens is 270 g/mol. The third-order valence-corrected chi connectivity index (χ3v) is 5.42. The molecule has 4 nitrogen and oxygen atoms in total. The van der Waals surface area contributed by atoms with Crippen LogP contribution in [0.4, 0.5) is 0 Å². The minimum atomic E-state index is -0.919. The number of thioether (sulfide) groups is 1. The van der Waals surface area contributed by atoms with Crippen LogP contribution < -0.4 is 0 Å². The summed E-state index contributed by atoms with van der Waals surface area (Å²) < 4.78 is -0.408. The minimum Gasteiger partial charge on any atom is -0.480 e. The number of fused-ring (bicyclic) bond motifs is 1. The summed E-state index contributed by atoms with van der Waals surface area (Å²) in [6, 6.07) is -0.696. The number of hydrogen-bond acceptors (Lipinski definition) is 3. The fraction of sp³-hybridized carbons (Fsp3) is 0.750. The standard InChI is InChI=1S/C8H10BrNO3S/c1-8(2)4(7(12)13)10-5(11)3(9)6(10)14-8/h3-4,6H,1-2H3,(H,12,13)/t3-,4+,6-/m1/s1. The van der Waals surface area contributed by atoms with Crippen molar-refractivity contribution < 1.29 is 14.7 Å². The van der Waals surface area contributed by atoms with Gasteiger partial charge < -0.3 is 10.0 Å². The van der Waals surface area contributed by atoms with Crippen LogP contribution in [0.3, 0.4) is 0 Å². The molecule has 2 aliphatic rings. The zero-order valence-corrected chi connectivity index (χ0v) is 10.1. The molecule has 6 heteroatoms. The highest BCUT2D eigenvalue weighted by molar-refractivity contribution is 9.10. The van der Waals surface area contributed by atoms with Crippen LogP contribution in [0.15, 0.2) is 0 Å². The predicted octanol–water partition coefficient (Wildman–Crippen LogP) is 0.897. The van der Waals surface area contributed by atoms with Crippen LogP contribution in [0.5, 0.6) is 0 Å². The molecule has 0 bridgehead atoms. The molecule has 0 radical (unpaired) electrons. The largest absolute Gasteiger partial charge is 0.480 e. The van der Waals surface area contributed by atoms with E-state index in [1.165, 1.54) is 4.90 Å². The number of alkyl halides is 1. The number of β-lactam (4-membered cyclic amide) rings is 1. The molecule has 1 N–H and O–H groups in total. The Balaban J connectivity index is 2.32. The fourth-order valence-corrected chi connectivity index (χ4v) is 4.32. The second-order valence-electron chi connectivity index (χ2n) is 4.00. The van der Waals surface area contributed by atoms with Gasteiger partial charge >= 0.3 is 5.97 Å². The maximum atomic E-state index is 11.4. The summed E-state index contributed by atoms with van der Waals surface area (Å²) >= 11 is 4.80. The topological polar surface area (TPSA) is 57.6 Å². The number of nitrogens with zero attached hydrogens (tertiary/aromatic N) is 1. The molecule has 0 spiro atoms. The lowest BCUT2D eigenvalue weighted by Crippen LogP contribution is -2.63. The molecule has 78 valence electrons. The lowest BCUT2D eigenvalue weighted by molar-refractivity contribution is -0.156. The van der Waals surface area contributed by atoms with E-state index in [2.05, 4.69) is 15.9 Å². The number of carbonyl (C=O) groups is 2. The molecule has 1 amide bonds. The van der Waals surface area contributed by atoms with E-state index >= 15 is 0 Å². The lowest BCUT2D eigenvalue weighted by atomic mass is 9.98. The maximum absolute atomic E-state index is 11.4. The van der Waals surface area contributed by atoms with E-state index < -0.39 is 16.8 Å². The minimum absolute atomic E-state index is 0.0152. The van der Waals surface area contributed by atoms with Gasteiger partial charge in [0, 0.05) is 4.75 Å². The predicted molar refractivity (Wildman–Crippen MR) is 56.4 cm³/mol. The molecule has 0 aromatic carbocycles. The van der Waals surface area contributed by atoms with Crippen molar-refractivity contribution >= 4 is 39.6 Å². The summed E-state index contributed by atoms with van der Waals surface area (Å²) in [5.74, 6) is -1.03. The summed E-state index contributed by atoms with van der Waals surface area (Å²) in [4.78, 5) is 23.7. The highest BCUT2D eigenvalue weighted by atomic mass is 79.9. The first kappa shape index (κ1) is 10.3. The fourth-order valence-electron chi connectivity index (χ4n) is 1.97. The average molecular weight is 280 g/mol. The lowest BCUT2D eigenvalue weighted by Gasteiger charge is -2.40. The first-order valence-corrected chi connectivity index (χ1v) is 6.02. The summed E-state index contributed by atoms with van der Waals surface area (Å²) in [6.45, 7) is 3.73. The van der Waals surface area contributed by atoms with Gasteiger partial charge in [0.2, 0.25) is 5.91 Å². The smallest absolute Gasteiger partial charge is 0.327 e. The van der Waals surface area contributed by atoms with Gasteiger partial charge in [0.15, 0.2) is 0 Å². The Bertz CT molecular complexity index is 320. The Kier molecular flexibility index (Phi) is 2.12. The number of rotatable bonds is 1. The van der Waals surface area contributed by atoms with E-state index in [4.69, 9.17) is 5.11 Å². The van der Waals surface area contributed by atoms with Gasteiger partial charge in [-0.2, -0.15) is 0 Å². The number of halogens is 1. The highest BCUT2D eigenvalue weighted by Crippen LogP contribution is 2.52. The van der Waals surface area contributed by atoms with Crippen LogP contribution >= 0.6 is 27.7 Å². The van der Waals surface area contributed by atoms with Gasteiger partial charge in [-0.15, -0.1) is 11.8 Å². The van der Waals surface area contributed by atoms with Crippen LogP contribution in [-0.4, -0.2) is 42.9 Å². The van der Waals surface area contributed by atoms with Gasteiger partial charge in [0.1, 0.15) is 16.2 Å². The molecule has 14 heavy (non-hydrogen) atoms. The summed E-state index contributed by atoms with van der Waals surface area (Å²) in [7, 11) is 0. The quantitative estimate of drug-likeness (QED) is 0.572. The number of carboxylic acids is 1. The molecule has 2 saturated heterocycles. The Morgan fingerprint density at radius 3 is 2.71 bits per heavy atom. The van der Waals surface area contributed by atoms with Crippen molar-refractivity contribution in [1.82, 2.24) is 4.90 Å². The molecular formula is C8H10BrNO3S. The Morgan fingerprint density at radius 1 is 1.64 bits per heavy atom. The van der Waals surface area contributed by atoms with Crippen molar-refractivity contribution in [2.45, 2.75) is 34.8 Å². The van der Waals surface area contributed by atoms with Crippen molar-refractivity contribution in [2.24, 2.45) is 0 Å². The van der Waals surface area contributed by atoms with Gasteiger partial charge in [0.25, 0.3) is 0 Å². The molecule has 0 saturated carbocycles. The van der Waals surface area contributed by atoms with Crippen LogP contribution in [0.1, 0.15) is 13.8 Å². The summed E-state index contributed by atoms with van der Waals surface area (Å²) in [5.41, 5.74) is 0. The van der Waals surface area contributed by atoms with Crippen LogP contribution in [0.2, 0.25) is 0 Å². The van der Waals surface area contributed by atoms with Gasteiger partial charge in [-0.3, -0.25) is 4.79 Å². The molecule has 0 unspecified atom stereocenters. The van der Waals surface area contributed by atoms with E-state index in [-0.39, 0.29) is 16.1 Å². The number of amides is 1. The van der Waals surface area contributed by atoms with E-state index in [9.17, 15) is 9.59 Å². The van der Waals surface area contributed by atoms with Crippen molar-refractivity contribution in [2.75, 3.05) is 0 Å². The van der Waals surface area contributed by atoms with Crippen molar-refractivity contribution in [3.63, 3.8) is 0 Å². The Labute approximate surface area is 94.1 Å². The normalized spacial score (nSPS) is 39.2. The SMILES string of the molecule is CC1(C)S[C@@H]2[C@H](Br)C(=O)N2[C@H]1C(=O)O. The molecule has 2 aliphatic heterocycles. The molecule has 2 rings (SSSR count). The van der Waals surface area contributed by atoms with Crippen LogP contribution in [0, 0.1) is 0 Å². The van der Waals surface area contributed by atoms with E-state index in [1.54, 1.807) is 11.8 Å². The summed E-state index contributed by atoms with van der Waals surface area (Å²) in [6.07, 6.45) is 0. The molecule has 2 fully saturated rings. The van der Waals surface area contributed by atoms with Crippen molar-refractivity contribution in [3.05, 3.63) is 0 Å². The van der Waals surface area contributed by atoms with Gasteiger partial charge in [-0.05, 0) is 13.8 Å². The Hall–Kier alpha value is -0.230. The zero-order valence-electron chi connectivity index (χ0n) is 7.73. The molecule has 0 aromatic heterocycles. The third-order valence-electron chi connectivity index (χ3n) is 2.61.